The third kappa shape index (κ3) is 7.83. The highest BCUT2D eigenvalue weighted by molar-refractivity contribution is 7.80. The maximum absolute atomic E-state index is 12.4. The fraction of sp³-hybridized carbons (Fsp3) is 0.348. The molecule has 30 heavy (non-hydrogen) atoms. The number of hydrogen-bond donors (Lipinski definition) is 2. The standard InChI is InChI=1S/C23H28N2O4S/c1-3-4-5-6-7-15-29-20-13-11-19(12-14-20)24-23(30)25-21(26)17-9-8-10-18(16-17)22(27)28-2/h8-14,16H,3-7,15H2,1-2H3,(H2,24,25,26,30). The van der Waals surface area contributed by atoms with Gasteiger partial charge >= 0.3 is 5.97 Å². The molecular weight excluding hydrogens is 400 g/mol. The number of nitrogens with one attached hydrogen (secondary N) is 2. The Morgan fingerprint density at radius 1 is 0.967 bits per heavy atom. The zero-order valence-corrected chi connectivity index (χ0v) is 18.2. The van der Waals surface area contributed by atoms with Crippen molar-refractivity contribution in [1.82, 2.24) is 5.32 Å². The molecule has 0 saturated heterocycles. The predicted molar refractivity (Wildman–Crippen MR) is 122 cm³/mol. The molecule has 0 aromatic heterocycles. The van der Waals surface area contributed by atoms with E-state index in [1.165, 1.54) is 38.9 Å². The van der Waals surface area contributed by atoms with E-state index in [-0.39, 0.29) is 5.11 Å². The number of hydrogen-bond acceptors (Lipinski definition) is 5. The van der Waals surface area contributed by atoms with E-state index < -0.39 is 11.9 Å². The van der Waals surface area contributed by atoms with Gasteiger partial charge in [0, 0.05) is 11.3 Å². The van der Waals surface area contributed by atoms with Gasteiger partial charge in [0.05, 0.1) is 19.3 Å². The largest absolute Gasteiger partial charge is 0.494 e. The first-order valence-electron chi connectivity index (χ1n) is 10.1. The van der Waals surface area contributed by atoms with Crippen LogP contribution in [0.3, 0.4) is 0 Å². The number of unbranched alkanes of at least 4 members (excludes halogenated alkanes) is 4. The van der Waals surface area contributed by atoms with Crippen molar-refractivity contribution in [1.29, 1.82) is 0 Å². The van der Waals surface area contributed by atoms with Crippen molar-refractivity contribution in [2.75, 3.05) is 19.0 Å². The predicted octanol–water partition coefficient (Wildman–Crippen LogP) is 4.95. The van der Waals surface area contributed by atoms with E-state index in [0.29, 0.717) is 17.7 Å². The summed E-state index contributed by atoms with van der Waals surface area (Å²) in [6, 6.07) is 13.6. The minimum atomic E-state index is -0.506. The maximum Gasteiger partial charge on any atom is 0.337 e. The molecule has 0 aliphatic heterocycles. The van der Waals surface area contributed by atoms with Gasteiger partial charge in [-0.15, -0.1) is 0 Å². The van der Waals surface area contributed by atoms with Crippen LogP contribution in [0.1, 0.15) is 59.7 Å². The molecule has 2 aromatic rings. The summed E-state index contributed by atoms with van der Waals surface area (Å²) in [6.07, 6.45) is 5.99. The van der Waals surface area contributed by atoms with E-state index in [9.17, 15) is 9.59 Å². The summed E-state index contributed by atoms with van der Waals surface area (Å²) in [4.78, 5) is 24.0. The second-order valence-electron chi connectivity index (χ2n) is 6.77. The van der Waals surface area contributed by atoms with E-state index >= 15 is 0 Å². The molecule has 0 bridgehead atoms. The molecular formula is C23H28N2O4S. The number of methoxy groups -OCH3 is 1. The molecule has 0 aliphatic rings. The molecule has 0 radical (unpaired) electrons. The summed E-state index contributed by atoms with van der Waals surface area (Å²) >= 11 is 5.21. The average molecular weight is 429 g/mol. The molecule has 1 amide bonds. The quantitative estimate of drug-likeness (QED) is 0.317. The number of thiocarbonyl (C=S) groups is 1. The number of benzene rings is 2. The Labute approximate surface area is 183 Å². The summed E-state index contributed by atoms with van der Waals surface area (Å²) in [5.74, 6) is -0.125. The van der Waals surface area contributed by atoms with Gasteiger partial charge in [0.25, 0.3) is 5.91 Å². The fourth-order valence-electron chi connectivity index (χ4n) is 2.77. The van der Waals surface area contributed by atoms with Gasteiger partial charge in [-0.3, -0.25) is 10.1 Å². The van der Waals surface area contributed by atoms with Crippen molar-refractivity contribution >= 4 is 34.9 Å². The second kappa shape index (κ2) is 12.6. The lowest BCUT2D eigenvalue weighted by Gasteiger charge is -2.11. The monoisotopic (exact) mass is 428 g/mol. The topological polar surface area (TPSA) is 76.7 Å². The number of anilines is 1. The smallest absolute Gasteiger partial charge is 0.337 e. The molecule has 7 heteroatoms. The van der Waals surface area contributed by atoms with Crippen molar-refractivity contribution in [2.24, 2.45) is 0 Å². The number of ether oxygens (including phenoxy) is 2. The molecule has 0 spiro atoms. The molecule has 0 heterocycles. The van der Waals surface area contributed by atoms with Crippen LogP contribution in [0.2, 0.25) is 0 Å². The molecule has 2 aromatic carbocycles. The van der Waals surface area contributed by atoms with E-state index in [1.54, 1.807) is 18.2 Å². The van der Waals surface area contributed by atoms with Crippen LogP contribution in [0.15, 0.2) is 48.5 Å². The lowest BCUT2D eigenvalue weighted by molar-refractivity contribution is 0.0600. The zero-order chi connectivity index (χ0) is 21.8. The third-order valence-corrected chi connectivity index (χ3v) is 4.61. The van der Waals surface area contributed by atoms with Crippen LogP contribution >= 0.6 is 12.2 Å². The van der Waals surface area contributed by atoms with Crippen LogP contribution in [0.25, 0.3) is 0 Å². The molecule has 160 valence electrons. The number of carbonyl (C=O) groups is 2. The van der Waals surface area contributed by atoms with Gasteiger partial charge in [0.1, 0.15) is 5.75 Å². The summed E-state index contributed by atoms with van der Waals surface area (Å²) in [5.41, 5.74) is 1.34. The van der Waals surface area contributed by atoms with E-state index in [4.69, 9.17) is 17.0 Å². The fourth-order valence-corrected chi connectivity index (χ4v) is 2.98. The van der Waals surface area contributed by atoms with Gasteiger partial charge < -0.3 is 14.8 Å². The van der Waals surface area contributed by atoms with Crippen LogP contribution in [0, 0.1) is 0 Å². The van der Waals surface area contributed by atoms with Gasteiger partial charge in [0.2, 0.25) is 0 Å². The Morgan fingerprint density at radius 2 is 1.67 bits per heavy atom. The van der Waals surface area contributed by atoms with E-state index in [1.807, 2.05) is 24.3 Å². The van der Waals surface area contributed by atoms with Crippen LogP contribution in [0.4, 0.5) is 5.69 Å². The van der Waals surface area contributed by atoms with E-state index in [2.05, 4.69) is 22.3 Å². The first-order chi connectivity index (χ1) is 14.5. The van der Waals surface area contributed by atoms with Crippen LogP contribution < -0.4 is 15.4 Å². The Balaban J connectivity index is 1.80. The number of carbonyl (C=O) groups excluding carboxylic acids is 2. The lowest BCUT2D eigenvalue weighted by atomic mass is 10.1. The number of esters is 1. The normalized spacial score (nSPS) is 10.2. The highest BCUT2D eigenvalue weighted by Gasteiger charge is 2.12. The van der Waals surface area contributed by atoms with Crippen LogP contribution in [0.5, 0.6) is 5.75 Å². The Kier molecular flexibility index (Phi) is 9.80. The highest BCUT2D eigenvalue weighted by Crippen LogP contribution is 2.16. The molecule has 0 aliphatic carbocycles. The molecule has 2 N–H and O–H groups in total. The lowest BCUT2D eigenvalue weighted by Crippen LogP contribution is -2.34. The second-order valence-corrected chi connectivity index (χ2v) is 7.18. The van der Waals surface area contributed by atoms with E-state index in [0.717, 1.165) is 17.9 Å². The van der Waals surface area contributed by atoms with Gasteiger partial charge in [-0.25, -0.2) is 4.79 Å². The van der Waals surface area contributed by atoms with Gasteiger partial charge in [-0.2, -0.15) is 0 Å². The van der Waals surface area contributed by atoms with Gasteiger partial charge in [0.15, 0.2) is 5.11 Å². The first-order valence-corrected chi connectivity index (χ1v) is 10.5. The minimum absolute atomic E-state index is 0.160. The van der Waals surface area contributed by atoms with Crippen LogP contribution in [-0.2, 0) is 4.74 Å². The van der Waals surface area contributed by atoms with Gasteiger partial charge in [-0.05, 0) is 61.1 Å². The summed E-state index contributed by atoms with van der Waals surface area (Å²) < 4.78 is 10.4. The molecule has 0 unspecified atom stereocenters. The Hall–Kier alpha value is -2.93. The van der Waals surface area contributed by atoms with Crippen molar-refractivity contribution in [3.05, 3.63) is 59.7 Å². The first kappa shape index (κ1) is 23.3. The molecule has 6 nitrogen and oxygen atoms in total. The number of rotatable bonds is 10. The molecule has 2 rings (SSSR count). The Morgan fingerprint density at radius 3 is 2.37 bits per heavy atom. The Bertz CT molecular complexity index is 853. The number of amides is 1. The van der Waals surface area contributed by atoms with Crippen molar-refractivity contribution in [3.8, 4) is 5.75 Å². The third-order valence-electron chi connectivity index (χ3n) is 4.40. The van der Waals surface area contributed by atoms with Crippen LogP contribution in [-0.4, -0.2) is 30.7 Å². The zero-order valence-electron chi connectivity index (χ0n) is 17.4. The van der Waals surface area contributed by atoms with Gasteiger partial charge in [-0.1, -0.05) is 38.7 Å². The average Bonchev–Trinajstić information content (AvgIpc) is 2.76. The molecule has 0 saturated carbocycles. The summed E-state index contributed by atoms with van der Waals surface area (Å²) in [6.45, 7) is 2.90. The maximum atomic E-state index is 12.4. The molecule has 0 fully saturated rings. The van der Waals surface area contributed by atoms with Crippen molar-refractivity contribution in [3.63, 3.8) is 0 Å². The SMILES string of the molecule is CCCCCCCOc1ccc(NC(=S)NC(=O)c2cccc(C(=O)OC)c2)cc1. The highest BCUT2D eigenvalue weighted by atomic mass is 32.1. The minimum Gasteiger partial charge on any atom is -0.494 e. The molecule has 0 atom stereocenters. The van der Waals surface area contributed by atoms with Crippen molar-refractivity contribution in [2.45, 2.75) is 39.0 Å². The summed E-state index contributed by atoms with van der Waals surface area (Å²) in [5, 5.41) is 5.72. The summed E-state index contributed by atoms with van der Waals surface area (Å²) in [7, 11) is 1.29. The van der Waals surface area contributed by atoms with Crippen molar-refractivity contribution < 1.29 is 19.1 Å².